The van der Waals surface area contributed by atoms with Gasteiger partial charge in [0.1, 0.15) is 5.75 Å². The number of carbonyl (C=O) groups is 2. The molecule has 0 saturated carbocycles. The van der Waals surface area contributed by atoms with E-state index >= 15 is 0 Å². The second-order valence-corrected chi connectivity index (χ2v) is 5.70. The van der Waals surface area contributed by atoms with Crippen LogP contribution in [0.3, 0.4) is 0 Å². The molecule has 3 N–H and O–H groups in total. The Morgan fingerprint density at radius 3 is 2.48 bits per heavy atom. The van der Waals surface area contributed by atoms with Crippen LogP contribution in [0.2, 0.25) is 0 Å². The lowest BCUT2D eigenvalue weighted by Gasteiger charge is -2.15. The van der Waals surface area contributed by atoms with E-state index in [0.29, 0.717) is 17.0 Å². The number of nitrogens with one attached hydrogen (secondary N) is 1. The maximum absolute atomic E-state index is 12.3. The van der Waals surface area contributed by atoms with Crippen molar-refractivity contribution in [3.63, 3.8) is 0 Å². The van der Waals surface area contributed by atoms with E-state index in [0.717, 1.165) is 10.8 Å². The predicted molar refractivity (Wildman–Crippen MR) is 97.6 cm³/mol. The van der Waals surface area contributed by atoms with Crippen LogP contribution in [0, 0.1) is 0 Å². The van der Waals surface area contributed by atoms with Crippen LogP contribution in [0.25, 0.3) is 10.8 Å². The van der Waals surface area contributed by atoms with Crippen LogP contribution in [-0.2, 0) is 4.79 Å². The standard InChI is InChI=1S/C20H18N2O3/c1-13(20(24)22-17-8-4-7-16(11-17)19(21)23)25-18-10-9-14-5-2-3-6-15(14)12-18/h2-13H,1H3,(H2,21,23)(H,22,24)/t13-/m1/s1. The van der Waals surface area contributed by atoms with Gasteiger partial charge in [0, 0.05) is 11.3 Å². The van der Waals surface area contributed by atoms with Crippen molar-refractivity contribution < 1.29 is 14.3 Å². The minimum absolute atomic E-state index is 0.310. The third kappa shape index (κ3) is 3.95. The number of ether oxygens (including phenoxy) is 1. The van der Waals surface area contributed by atoms with Crippen molar-refractivity contribution in [2.24, 2.45) is 5.73 Å². The van der Waals surface area contributed by atoms with Crippen molar-refractivity contribution in [1.29, 1.82) is 0 Å². The summed E-state index contributed by atoms with van der Waals surface area (Å²) in [6.07, 6.45) is -0.696. The van der Waals surface area contributed by atoms with E-state index in [1.165, 1.54) is 6.07 Å². The lowest BCUT2D eigenvalue weighted by Crippen LogP contribution is -2.30. The average molecular weight is 334 g/mol. The molecule has 126 valence electrons. The number of rotatable bonds is 5. The van der Waals surface area contributed by atoms with Gasteiger partial charge in [0.25, 0.3) is 5.91 Å². The van der Waals surface area contributed by atoms with Gasteiger partial charge in [0.2, 0.25) is 5.91 Å². The molecule has 0 saturated heterocycles. The molecule has 0 aliphatic carbocycles. The van der Waals surface area contributed by atoms with Gasteiger partial charge in [0.05, 0.1) is 0 Å². The minimum Gasteiger partial charge on any atom is -0.481 e. The number of hydrogen-bond donors (Lipinski definition) is 2. The fraction of sp³-hybridized carbons (Fsp3) is 0.100. The number of carbonyl (C=O) groups excluding carboxylic acids is 2. The van der Waals surface area contributed by atoms with Gasteiger partial charge in [-0.05, 0) is 48.0 Å². The summed E-state index contributed by atoms with van der Waals surface area (Å²) < 4.78 is 5.73. The lowest BCUT2D eigenvalue weighted by molar-refractivity contribution is -0.122. The Bertz CT molecular complexity index is 937. The third-order valence-electron chi connectivity index (χ3n) is 3.82. The molecule has 0 radical (unpaired) electrons. The fourth-order valence-corrected chi connectivity index (χ4v) is 2.49. The second-order valence-electron chi connectivity index (χ2n) is 5.70. The molecule has 3 aromatic rings. The van der Waals surface area contributed by atoms with Gasteiger partial charge >= 0.3 is 0 Å². The molecule has 0 aliphatic rings. The Kier molecular flexibility index (Phi) is 4.66. The molecule has 0 aliphatic heterocycles. The van der Waals surface area contributed by atoms with Gasteiger partial charge in [-0.2, -0.15) is 0 Å². The first kappa shape index (κ1) is 16.5. The number of primary amides is 1. The summed E-state index contributed by atoms with van der Waals surface area (Å²) >= 11 is 0. The fourth-order valence-electron chi connectivity index (χ4n) is 2.49. The summed E-state index contributed by atoms with van der Waals surface area (Å²) in [4.78, 5) is 23.5. The Morgan fingerprint density at radius 1 is 0.960 bits per heavy atom. The van der Waals surface area contributed by atoms with Gasteiger partial charge in [-0.15, -0.1) is 0 Å². The number of benzene rings is 3. The van der Waals surface area contributed by atoms with Crippen molar-refractivity contribution in [3.8, 4) is 5.75 Å². The van der Waals surface area contributed by atoms with E-state index < -0.39 is 12.0 Å². The highest BCUT2D eigenvalue weighted by Gasteiger charge is 2.15. The molecule has 0 fully saturated rings. The van der Waals surface area contributed by atoms with E-state index in [1.54, 1.807) is 25.1 Å². The summed E-state index contributed by atoms with van der Waals surface area (Å²) in [5.41, 5.74) is 6.07. The minimum atomic E-state index is -0.696. The van der Waals surface area contributed by atoms with Crippen molar-refractivity contribution in [2.75, 3.05) is 5.32 Å². The molecule has 1 atom stereocenters. The van der Waals surface area contributed by atoms with Crippen molar-refractivity contribution in [3.05, 3.63) is 72.3 Å². The lowest BCUT2D eigenvalue weighted by atomic mass is 10.1. The molecule has 2 amide bonds. The van der Waals surface area contributed by atoms with Gasteiger partial charge in [-0.3, -0.25) is 9.59 Å². The number of hydrogen-bond acceptors (Lipinski definition) is 3. The Morgan fingerprint density at radius 2 is 1.72 bits per heavy atom. The molecule has 5 heteroatoms. The van der Waals surface area contributed by atoms with Crippen LogP contribution in [0.15, 0.2) is 66.7 Å². The molecular weight excluding hydrogens is 316 g/mol. The van der Waals surface area contributed by atoms with E-state index in [9.17, 15) is 9.59 Å². The zero-order valence-corrected chi connectivity index (χ0v) is 13.7. The highest BCUT2D eigenvalue weighted by Crippen LogP contribution is 2.21. The first-order valence-electron chi connectivity index (χ1n) is 7.89. The van der Waals surface area contributed by atoms with Gasteiger partial charge < -0.3 is 15.8 Å². The van der Waals surface area contributed by atoms with Gasteiger partial charge in [0.15, 0.2) is 6.10 Å². The number of anilines is 1. The molecule has 0 aromatic heterocycles. The highest BCUT2D eigenvalue weighted by molar-refractivity contribution is 5.97. The number of fused-ring (bicyclic) bond motifs is 1. The van der Waals surface area contributed by atoms with Crippen molar-refractivity contribution in [2.45, 2.75) is 13.0 Å². The first-order valence-corrected chi connectivity index (χ1v) is 7.89. The van der Waals surface area contributed by atoms with Crippen LogP contribution in [0.5, 0.6) is 5.75 Å². The van der Waals surface area contributed by atoms with Crippen LogP contribution in [0.4, 0.5) is 5.69 Å². The summed E-state index contributed by atoms with van der Waals surface area (Å²) in [7, 11) is 0. The normalized spacial score (nSPS) is 11.7. The topological polar surface area (TPSA) is 81.4 Å². The van der Waals surface area contributed by atoms with E-state index in [4.69, 9.17) is 10.5 Å². The van der Waals surface area contributed by atoms with Gasteiger partial charge in [-0.1, -0.05) is 36.4 Å². The monoisotopic (exact) mass is 334 g/mol. The van der Waals surface area contributed by atoms with Crippen molar-refractivity contribution in [1.82, 2.24) is 0 Å². The summed E-state index contributed by atoms with van der Waals surface area (Å²) in [5, 5.41) is 4.87. The molecule has 0 heterocycles. The SMILES string of the molecule is C[C@@H](Oc1ccc2ccccc2c1)C(=O)Nc1cccc(C(N)=O)c1. The predicted octanol–water partition coefficient (Wildman–Crippen LogP) is 3.34. The average Bonchev–Trinajstić information content (AvgIpc) is 2.61. The molecule has 3 aromatic carbocycles. The largest absolute Gasteiger partial charge is 0.481 e. The first-order chi connectivity index (χ1) is 12.0. The molecule has 25 heavy (non-hydrogen) atoms. The maximum Gasteiger partial charge on any atom is 0.265 e. The van der Waals surface area contributed by atoms with E-state index in [2.05, 4.69) is 5.32 Å². The van der Waals surface area contributed by atoms with Crippen LogP contribution < -0.4 is 15.8 Å². The zero-order valence-electron chi connectivity index (χ0n) is 13.7. The smallest absolute Gasteiger partial charge is 0.265 e. The van der Waals surface area contributed by atoms with Crippen LogP contribution >= 0.6 is 0 Å². The van der Waals surface area contributed by atoms with Crippen molar-refractivity contribution >= 4 is 28.3 Å². The van der Waals surface area contributed by atoms with E-state index in [1.807, 2.05) is 42.5 Å². The summed E-state index contributed by atoms with van der Waals surface area (Å²) in [6, 6.07) is 20.1. The van der Waals surface area contributed by atoms with Gasteiger partial charge in [-0.25, -0.2) is 0 Å². The van der Waals surface area contributed by atoms with Crippen LogP contribution in [-0.4, -0.2) is 17.9 Å². The molecule has 3 rings (SSSR count). The molecule has 0 spiro atoms. The molecule has 0 unspecified atom stereocenters. The number of nitrogens with two attached hydrogens (primary N) is 1. The Labute approximate surface area is 145 Å². The molecule has 0 bridgehead atoms. The van der Waals surface area contributed by atoms with Crippen LogP contribution in [0.1, 0.15) is 17.3 Å². The molecule has 5 nitrogen and oxygen atoms in total. The second kappa shape index (κ2) is 7.05. The third-order valence-corrected chi connectivity index (χ3v) is 3.82. The van der Waals surface area contributed by atoms with E-state index in [-0.39, 0.29) is 5.91 Å². The zero-order chi connectivity index (χ0) is 17.8. The maximum atomic E-state index is 12.3. The summed E-state index contributed by atoms with van der Waals surface area (Å²) in [5.74, 6) is -0.237. The Balaban J connectivity index is 1.69. The highest BCUT2D eigenvalue weighted by atomic mass is 16.5. The summed E-state index contributed by atoms with van der Waals surface area (Å²) in [6.45, 7) is 1.67. The Hall–Kier alpha value is -3.34. The quantitative estimate of drug-likeness (QED) is 0.751. The molecular formula is C20H18N2O3. The number of amides is 2.